The van der Waals surface area contributed by atoms with Crippen LogP contribution in [0.1, 0.15) is 16.1 Å². The molecular weight excluding hydrogens is 320 g/mol. The van der Waals surface area contributed by atoms with Crippen LogP contribution in [0, 0.1) is 0 Å². The minimum Gasteiger partial charge on any atom is -0.378 e. The van der Waals surface area contributed by atoms with Gasteiger partial charge in [0.25, 0.3) is 5.91 Å². The average molecular weight is 337 g/mol. The monoisotopic (exact) mass is 336 g/mol. The van der Waals surface area contributed by atoms with Gasteiger partial charge in [-0.1, -0.05) is 16.8 Å². The normalized spacial score (nSPS) is 14.8. The Kier molecular flexibility index (Phi) is 4.73. The Hall–Kier alpha value is -2.19. The molecule has 3 rings (SSSR count). The van der Waals surface area contributed by atoms with E-state index < -0.39 is 0 Å². The summed E-state index contributed by atoms with van der Waals surface area (Å²) in [5.41, 5.74) is 1.38. The molecule has 0 unspecified atom stereocenters. The zero-order valence-electron chi connectivity index (χ0n) is 12.7. The highest BCUT2D eigenvalue weighted by Crippen LogP contribution is 2.21. The second-order valence-corrected chi connectivity index (χ2v) is 5.57. The zero-order valence-corrected chi connectivity index (χ0v) is 13.5. The van der Waals surface area contributed by atoms with Crippen LogP contribution >= 0.6 is 11.6 Å². The Morgan fingerprint density at radius 2 is 2.17 bits per heavy atom. The molecule has 0 aromatic carbocycles. The van der Waals surface area contributed by atoms with Crippen molar-refractivity contribution in [3.63, 3.8) is 0 Å². The van der Waals surface area contributed by atoms with Crippen LogP contribution in [0.5, 0.6) is 0 Å². The summed E-state index contributed by atoms with van der Waals surface area (Å²) < 4.78 is 6.91. The number of halogens is 1. The first kappa shape index (κ1) is 15.7. The Morgan fingerprint density at radius 1 is 1.39 bits per heavy atom. The van der Waals surface area contributed by atoms with Gasteiger partial charge in [0.05, 0.1) is 42.2 Å². The van der Waals surface area contributed by atoms with E-state index in [1.807, 2.05) is 7.05 Å². The van der Waals surface area contributed by atoms with Gasteiger partial charge in [-0.2, -0.15) is 0 Å². The Balaban J connectivity index is 1.67. The molecule has 8 nitrogen and oxygen atoms in total. The molecule has 3 heterocycles. The summed E-state index contributed by atoms with van der Waals surface area (Å²) >= 11 is 6.23. The van der Waals surface area contributed by atoms with E-state index in [0.717, 1.165) is 5.69 Å². The number of rotatable bonds is 4. The van der Waals surface area contributed by atoms with E-state index in [2.05, 4.69) is 20.6 Å². The highest BCUT2D eigenvalue weighted by molar-refractivity contribution is 6.33. The van der Waals surface area contributed by atoms with Gasteiger partial charge in [-0.05, 0) is 6.07 Å². The standard InChI is InChI=1S/C14H17ClN6O2/c1-20-11(9-18-19-20)8-17-13-12(15)6-10(7-16-13)14(22)21-2-4-23-5-3-21/h6-7,9H,2-5,8H2,1H3,(H,16,17). The number of nitrogens with zero attached hydrogens (tertiary/aromatic N) is 5. The van der Waals surface area contributed by atoms with Gasteiger partial charge in [0.1, 0.15) is 5.82 Å². The number of ether oxygens (including phenoxy) is 1. The van der Waals surface area contributed by atoms with Crippen LogP contribution < -0.4 is 5.32 Å². The van der Waals surface area contributed by atoms with E-state index in [1.165, 1.54) is 6.20 Å². The molecule has 1 amide bonds. The molecule has 1 aliphatic rings. The lowest BCUT2D eigenvalue weighted by molar-refractivity contribution is 0.0302. The van der Waals surface area contributed by atoms with Crippen molar-refractivity contribution < 1.29 is 9.53 Å². The highest BCUT2D eigenvalue weighted by atomic mass is 35.5. The van der Waals surface area contributed by atoms with Crippen molar-refractivity contribution in [3.05, 3.63) is 34.7 Å². The summed E-state index contributed by atoms with van der Waals surface area (Å²) in [4.78, 5) is 18.4. The third kappa shape index (κ3) is 3.59. The van der Waals surface area contributed by atoms with Gasteiger partial charge in [-0.3, -0.25) is 9.48 Å². The number of carbonyl (C=O) groups is 1. The van der Waals surface area contributed by atoms with Crippen molar-refractivity contribution in [1.82, 2.24) is 24.9 Å². The summed E-state index contributed by atoms with van der Waals surface area (Å²) in [7, 11) is 1.81. The molecule has 0 radical (unpaired) electrons. The first-order valence-electron chi connectivity index (χ1n) is 7.25. The van der Waals surface area contributed by atoms with Crippen LogP contribution in [-0.2, 0) is 18.3 Å². The fourth-order valence-corrected chi connectivity index (χ4v) is 2.51. The maximum atomic E-state index is 12.4. The average Bonchev–Trinajstić information content (AvgIpc) is 2.99. The second-order valence-electron chi connectivity index (χ2n) is 5.16. The van der Waals surface area contributed by atoms with E-state index in [-0.39, 0.29) is 5.91 Å². The van der Waals surface area contributed by atoms with Gasteiger partial charge < -0.3 is 15.0 Å². The number of aromatic nitrogens is 4. The van der Waals surface area contributed by atoms with Crippen LogP contribution in [0.15, 0.2) is 18.5 Å². The number of hydrogen-bond acceptors (Lipinski definition) is 6. The van der Waals surface area contributed by atoms with Gasteiger partial charge in [0.2, 0.25) is 0 Å². The molecule has 23 heavy (non-hydrogen) atoms. The topological polar surface area (TPSA) is 85.2 Å². The summed E-state index contributed by atoms with van der Waals surface area (Å²) in [6.07, 6.45) is 3.20. The van der Waals surface area contributed by atoms with Crippen LogP contribution in [-0.4, -0.2) is 57.1 Å². The quantitative estimate of drug-likeness (QED) is 0.894. The number of morpholine rings is 1. The molecule has 0 atom stereocenters. The third-order valence-electron chi connectivity index (χ3n) is 3.63. The molecule has 1 aliphatic heterocycles. The Labute approximate surface area is 138 Å². The summed E-state index contributed by atoms with van der Waals surface area (Å²) in [6.45, 7) is 2.79. The lowest BCUT2D eigenvalue weighted by Gasteiger charge is -2.26. The molecule has 1 fully saturated rings. The Bertz CT molecular complexity index is 698. The van der Waals surface area contributed by atoms with Gasteiger partial charge in [-0.15, -0.1) is 5.10 Å². The van der Waals surface area contributed by atoms with E-state index in [4.69, 9.17) is 16.3 Å². The van der Waals surface area contributed by atoms with Gasteiger partial charge in [-0.25, -0.2) is 4.98 Å². The first-order chi connectivity index (χ1) is 11.1. The molecule has 122 valence electrons. The Morgan fingerprint density at radius 3 is 2.83 bits per heavy atom. The van der Waals surface area contributed by atoms with E-state index in [0.29, 0.717) is 49.3 Å². The predicted octanol–water partition coefficient (Wildman–Crippen LogP) is 0.948. The molecule has 2 aromatic rings. The fraction of sp³-hybridized carbons (Fsp3) is 0.429. The second kappa shape index (κ2) is 6.93. The SMILES string of the molecule is Cn1nncc1CNc1ncc(C(=O)N2CCOCC2)cc1Cl. The minimum absolute atomic E-state index is 0.0786. The molecule has 0 saturated carbocycles. The molecule has 1 N–H and O–H groups in total. The van der Waals surface area contributed by atoms with Gasteiger partial charge >= 0.3 is 0 Å². The number of aryl methyl sites for hydroxylation is 1. The van der Waals surface area contributed by atoms with Crippen LogP contribution in [0.25, 0.3) is 0 Å². The number of amides is 1. The van der Waals surface area contributed by atoms with Crippen LogP contribution in [0.4, 0.5) is 5.82 Å². The van der Waals surface area contributed by atoms with Crippen molar-refractivity contribution >= 4 is 23.3 Å². The maximum absolute atomic E-state index is 12.4. The van der Waals surface area contributed by atoms with Crippen molar-refractivity contribution in [2.75, 3.05) is 31.6 Å². The largest absolute Gasteiger partial charge is 0.378 e. The van der Waals surface area contributed by atoms with Crippen LogP contribution in [0.3, 0.4) is 0 Å². The number of carbonyl (C=O) groups excluding carboxylic acids is 1. The number of hydrogen-bond donors (Lipinski definition) is 1. The van der Waals surface area contributed by atoms with Crippen molar-refractivity contribution in [3.8, 4) is 0 Å². The van der Waals surface area contributed by atoms with Crippen molar-refractivity contribution in [1.29, 1.82) is 0 Å². The first-order valence-corrected chi connectivity index (χ1v) is 7.63. The molecule has 0 bridgehead atoms. The van der Waals surface area contributed by atoms with E-state index in [9.17, 15) is 4.79 Å². The molecule has 0 aliphatic carbocycles. The van der Waals surface area contributed by atoms with Gasteiger partial charge in [0.15, 0.2) is 0 Å². The number of nitrogens with one attached hydrogen (secondary N) is 1. The fourth-order valence-electron chi connectivity index (χ4n) is 2.28. The smallest absolute Gasteiger partial charge is 0.255 e. The summed E-state index contributed by atoms with van der Waals surface area (Å²) in [5, 5.41) is 11.2. The molecule has 9 heteroatoms. The lowest BCUT2D eigenvalue weighted by Crippen LogP contribution is -2.40. The number of pyridine rings is 1. The number of anilines is 1. The van der Waals surface area contributed by atoms with Crippen molar-refractivity contribution in [2.24, 2.45) is 7.05 Å². The molecule has 1 saturated heterocycles. The van der Waals surface area contributed by atoms with E-state index in [1.54, 1.807) is 21.8 Å². The van der Waals surface area contributed by atoms with Crippen LogP contribution in [0.2, 0.25) is 5.02 Å². The summed E-state index contributed by atoms with van der Waals surface area (Å²) in [6, 6.07) is 1.64. The van der Waals surface area contributed by atoms with Crippen molar-refractivity contribution in [2.45, 2.75) is 6.54 Å². The predicted molar refractivity (Wildman–Crippen MR) is 84.3 cm³/mol. The third-order valence-corrected chi connectivity index (χ3v) is 3.92. The molecule has 0 spiro atoms. The summed E-state index contributed by atoms with van der Waals surface area (Å²) in [5.74, 6) is 0.441. The molecular formula is C14H17ClN6O2. The zero-order chi connectivity index (χ0) is 16.2. The van der Waals surface area contributed by atoms with E-state index >= 15 is 0 Å². The molecule has 2 aromatic heterocycles. The minimum atomic E-state index is -0.0786. The highest BCUT2D eigenvalue weighted by Gasteiger charge is 2.19. The van der Waals surface area contributed by atoms with Gasteiger partial charge in [0, 0.05) is 26.3 Å². The maximum Gasteiger partial charge on any atom is 0.255 e. The lowest BCUT2D eigenvalue weighted by atomic mass is 10.2.